The van der Waals surface area contributed by atoms with Crippen molar-refractivity contribution in [3.8, 4) is 0 Å². The van der Waals surface area contributed by atoms with Crippen molar-refractivity contribution in [2.75, 3.05) is 32.8 Å². The zero-order valence-corrected chi connectivity index (χ0v) is 11.1. The Labute approximate surface area is 113 Å². The van der Waals surface area contributed by atoms with Crippen LogP contribution in [0.3, 0.4) is 0 Å². The molecule has 1 aliphatic rings. The fourth-order valence-corrected chi connectivity index (χ4v) is 2.06. The van der Waals surface area contributed by atoms with Crippen LogP contribution in [0.1, 0.15) is 11.3 Å². The molecular formula is C14H21N3O2. The number of aliphatic hydroxyl groups is 1. The minimum absolute atomic E-state index is 0.174. The molecule has 0 aromatic carbocycles. The number of hydrogen-bond donors (Lipinski definition) is 2. The van der Waals surface area contributed by atoms with E-state index in [1.54, 1.807) is 6.08 Å². The number of allylic oxidation sites excluding steroid dienone is 1. The maximum atomic E-state index is 9.34. The Bertz CT molecular complexity index is 428. The Balaban J connectivity index is 1.94. The average Bonchev–Trinajstić information content (AvgIpc) is 2.46. The van der Waals surface area contributed by atoms with E-state index in [1.165, 1.54) is 5.56 Å². The van der Waals surface area contributed by atoms with Crippen molar-refractivity contribution in [3.63, 3.8) is 0 Å². The van der Waals surface area contributed by atoms with Gasteiger partial charge >= 0.3 is 0 Å². The second-order valence-corrected chi connectivity index (χ2v) is 4.65. The van der Waals surface area contributed by atoms with Crippen LogP contribution in [-0.2, 0) is 17.7 Å². The molecule has 2 heterocycles. The van der Waals surface area contributed by atoms with E-state index < -0.39 is 0 Å². The Morgan fingerprint density at radius 2 is 2.26 bits per heavy atom. The molecule has 1 saturated heterocycles. The zero-order valence-electron chi connectivity index (χ0n) is 11.1. The van der Waals surface area contributed by atoms with E-state index in [4.69, 9.17) is 10.5 Å². The van der Waals surface area contributed by atoms with Crippen LogP contribution in [0.2, 0.25) is 0 Å². The second-order valence-electron chi connectivity index (χ2n) is 4.65. The van der Waals surface area contributed by atoms with Gasteiger partial charge in [-0.1, -0.05) is 0 Å². The monoisotopic (exact) mass is 263 g/mol. The molecule has 0 amide bonds. The van der Waals surface area contributed by atoms with Crippen LogP contribution in [0.5, 0.6) is 0 Å². The van der Waals surface area contributed by atoms with Gasteiger partial charge in [-0.2, -0.15) is 0 Å². The minimum atomic E-state index is 0.174. The third-order valence-corrected chi connectivity index (χ3v) is 3.15. The molecule has 0 saturated carbocycles. The van der Waals surface area contributed by atoms with Gasteiger partial charge in [0, 0.05) is 37.9 Å². The quantitative estimate of drug-likeness (QED) is 0.771. The van der Waals surface area contributed by atoms with Gasteiger partial charge in [0.1, 0.15) is 5.76 Å². The van der Waals surface area contributed by atoms with E-state index in [1.807, 2.05) is 12.3 Å². The van der Waals surface area contributed by atoms with Gasteiger partial charge in [0.05, 0.1) is 19.8 Å². The van der Waals surface area contributed by atoms with Crippen LogP contribution in [0.4, 0.5) is 0 Å². The molecule has 19 heavy (non-hydrogen) atoms. The summed E-state index contributed by atoms with van der Waals surface area (Å²) in [5, 5.41) is 9.34. The number of aliphatic hydroxyl groups excluding tert-OH is 1. The maximum absolute atomic E-state index is 9.34. The van der Waals surface area contributed by atoms with Crippen LogP contribution in [-0.4, -0.2) is 47.8 Å². The van der Waals surface area contributed by atoms with Crippen molar-refractivity contribution >= 4 is 0 Å². The van der Waals surface area contributed by atoms with E-state index in [-0.39, 0.29) is 12.3 Å². The van der Waals surface area contributed by atoms with E-state index in [0.29, 0.717) is 6.42 Å². The molecular weight excluding hydrogens is 242 g/mol. The van der Waals surface area contributed by atoms with Crippen molar-refractivity contribution in [1.82, 2.24) is 9.88 Å². The van der Waals surface area contributed by atoms with Crippen LogP contribution in [0.15, 0.2) is 30.2 Å². The third kappa shape index (κ3) is 4.63. The molecule has 3 N–H and O–H groups in total. The summed E-state index contributed by atoms with van der Waals surface area (Å²) in [5.41, 5.74) is 7.53. The van der Waals surface area contributed by atoms with Crippen molar-refractivity contribution in [3.05, 3.63) is 41.4 Å². The highest BCUT2D eigenvalue weighted by Crippen LogP contribution is 2.09. The summed E-state index contributed by atoms with van der Waals surface area (Å²) in [6, 6.07) is 4.11. The number of nitrogens with two attached hydrogens (primary N) is 1. The molecule has 0 radical (unpaired) electrons. The Kier molecular flexibility index (Phi) is 5.32. The van der Waals surface area contributed by atoms with Gasteiger partial charge < -0.3 is 15.6 Å². The zero-order chi connectivity index (χ0) is 13.5. The summed E-state index contributed by atoms with van der Waals surface area (Å²) < 4.78 is 5.34. The number of nitrogens with zero attached hydrogens (tertiary/aromatic N) is 2. The van der Waals surface area contributed by atoms with E-state index in [9.17, 15) is 5.11 Å². The van der Waals surface area contributed by atoms with Gasteiger partial charge in [-0.25, -0.2) is 0 Å². The molecule has 0 unspecified atom stereocenters. The summed E-state index contributed by atoms with van der Waals surface area (Å²) in [6.45, 7) is 4.67. The summed E-state index contributed by atoms with van der Waals surface area (Å²) in [6.07, 6.45) is 4.14. The standard InChI is InChI=1S/C14H21N3O2/c15-10-14(18)2-1-13-9-12(3-4-16-13)11-17-5-7-19-8-6-17/h2-4,9,18H,1,5-8,10-11,15H2/b14-2+. The Hall–Kier alpha value is -1.43. The first kappa shape index (κ1) is 14.0. The topological polar surface area (TPSA) is 71.6 Å². The molecule has 104 valence electrons. The molecule has 0 aliphatic carbocycles. The van der Waals surface area contributed by atoms with Crippen LogP contribution >= 0.6 is 0 Å². The van der Waals surface area contributed by atoms with Crippen LogP contribution in [0, 0.1) is 0 Å². The van der Waals surface area contributed by atoms with Gasteiger partial charge in [0.25, 0.3) is 0 Å². The molecule has 5 nitrogen and oxygen atoms in total. The lowest BCUT2D eigenvalue weighted by Gasteiger charge is -2.26. The molecule has 2 rings (SSSR count). The normalized spacial score (nSPS) is 17.6. The van der Waals surface area contributed by atoms with Crippen molar-refractivity contribution < 1.29 is 9.84 Å². The van der Waals surface area contributed by atoms with Crippen molar-refractivity contribution in [1.29, 1.82) is 0 Å². The first-order valence-corrected chi connectivity index (χ1v) is 6.60. The highest BCUT2D eigenvalue weighted by Gasteiger charge is 2.10. The maximum Gasteiger partial charge on any atom is 0.102 e. The fourth-order valence-electron chi connectivity index (χ4n) is 2.06. The first-order valence-electron chi connectivity index (χ1n) is 6.60. The van der Waals surface area contributed by atoms with Crippen LogP contribution in [0.25, 0.3) is 0 Å². The number of pyridine rings is 1. The number of ether oxygens (including phenoxy) is 1. The Morgan fingerprint density at radius 3 is 3.00 bits per heavy atom. The smallest absolute Gasteiger partial charge is 0.102 e. The van der Waals surface area contributed by atoms with Gasteiger partial charge in [0.2, 0.25) is 0 Å². The highest BCUT2D eigenvalue weighted by molar-refractivity contribution is 5.18. The summed E-state index contributed by atoms with van der Waals surface area (Å²) in [4.78, 5) is 6.67. The molecule has 1 aromatic rings. The number of morpholine rings is 1. The lowest BCUT2D eigenvalue weighted by Crippen LogP contribution is -2.35. The number of hydrogen-bond acceptors (Lipinski definition) is 5. The van der Waals surface area contributed by atoms with E-state index in [2.05, 4.69) is 16.0 Å². The second kappa shape index (κ2) is 7.23. The van der Waals surface area contributed by atoms with Crippen molar-refractivity contribution in [2.45, 2.75) is 13.0 Å². The molecule has 5 heteroatoms. The Morgan fingerprint density at radius 1 is 1.47 bits per heavy atom. The number of aromatic nitrogens is 1. The van der Waals surface area contributed by atoms with E-state index in [0.717, 1.165) is 38.5 Å². The predicted molar refractivity (Wildman–Crippen MR) is 73.8 cm³/mol. The fraction of sp³-hybridized carbons (Fsp3) is 0.500. The van der Waals surface area contributed by atoms with Crippen molar-refractivity contribution in [2.24, 2.45) is 5.73 Å². The predicted octanol–water partition coefficient (Wildman–Crippen LogP) is 0.857. The summed E-state index contributed by atoms with van der Waals surface area (Å²) in [7, 11) is 0. The summed E-state index contributed by atoms with van der Waals surface area (Å²) in [5.74, 6) is 0.209. The number of rotatable bonds is 5. The lowest BCUT2D eigenvalue weighted by molar-refractivity contribution is 0.0342. The average molecular weight is 263 g/mol. The third-order valence-electron chi connectivity index (χ3n) is 3.15. The molecule has 1 aromatic heterocycles. The van der Waals surface area contributed by atoms with Gasteiger partial charge in [-0.3, -0.25) is 9.88 Å². The molecule has 0 atom stereocenters. The first-order chi connectivity index (χ1) is 9.28. The SMILES string of the molecule is NC/C(O)=C\Cc1cc(CN2CCOCC2)ccn1. The summed E-state index contributed by atoms with van der Waals surface area (Å²) >= 11 is 0. The largest absolute Gasteiger partial charge is 0.511 e. The molecule has 1 fully saturated rings. The highest BCUT2D eigenvalue weighted by atomic mass is 16.5. The van der Waals surface area contributed by atoms with Crippen LogP contribution < -0.4 is 5.73 Å². The van der Waals surface area contributed by atoms with E-state index >= 15 is 0 Å². The molecule has 0 spiro atoms. The van der Waals surface area contributed by atoms with Gasteiger partial charge in [0.15, 0.2) is 0 Å². The van der Waals surface area contributed by atoms with Gasteiger partial charge in [-0.15, -0.1) is 0 Å². The molecule has 1 aliphatic heterocycles. The lowest BCUT2D eigenvalue weighted by atomic mass is 10.1. The molecule has 0 bridgehead atoms. The van der Waals surface area contributed by atoms with Gasteiger partial charge in [-0.05, 0) is 23.8 Å². The minimum Gasteiger partial charge on any atom is -0.511 e.